The van der Waals surface area contributed by atoms with Crippen LogP contribution < -0.4 is 0 Å². The molecule has 2 atom stereocenters. The van der Waals surface area contributed by atoms with Crippen LogP contribution in [-0.4, -0.2) is 53.7 Å². The summed E-state index contributed by atoms with van der Waals surface area (Å²) < 4.78 is 27.9. The van der Waals surface area contributed by atoms with Gasteiger partial charge in [0.2, 0.25) is 0 Å². The van der Waals surface area contributed by atoms with Crippen LogP contribution in [0.3, 0.4) is 0 Å². The Bertz CT molecular complexity index is 351. The van der Waals surface area contributed by atoms with Gasteiger partial charge in [0.05, 0.1) is 0 Å². The third-order valence-corrected chi connectivity index (χ3v) is 6.99. The molecule has 3 saturated heterocycles. The zero-order chi connectivity index (χ0) is 10.5. The second kappa shape index (κ2) is 3.61. The van der Waals surface area contributed by atoms with Crippen molar-refractivity contribution in [3.8, 4) is 0 Å². The molecule has 0 amide bonds. The van der Waals surface area contributed by atoms with Crippen molar-refractivity contribution in [2.24, 2.45) is 0 Å². The average Bonchev–Trinajstić information content (AvgIpc) is 2.94. The van der Waals surface area contributed by atoms with Crippen LogP contribution in [0.1, 0.15) is 19.3 Å². The summed E-state index contributed by atoms with van der Waals surface area (Å²) in [5.41, 5.74) is 0. The zero-order valence-corrected chi connectivity index (χ0v) is 10.3. The molecule has 0 unspecified atom stereocenters. The molecule has 3 rings (SSSR count). The summed E-state index contributed by atoms with van der Waals surface area (Å²) in [4.78, 5) is 0. The minimum Gasteiger partial charge on any atom is -0.195 e. The van der Waals surface area contributed by atoms with Gasteiger partial charge in [-0.15, -0.1) is 0 Å². The SMILES string of the molecule is O=S(=O)(N1CCCC1)N1C[C@H]2C[C@H]1CS2. The molecule has 4 nitrogen and oxygen atoms in total. The van der Waals surface area contributed by atoms with Crippen LogP contribution in [0.5, 0.6) is 0 Å². The molecule has 0 radical (unpaired) electrons. The fourth-order valence-electron chi connectivity index (χ4n) is 2.71. The quantitative estimate of drug-likeness (QED) is 0.715. The lowest BCUT2D eigenvalue weighted by Crippen LogP contribution is -2.46. The predicted octanol–water partition coefficient (Wildman–Crippen LogP) is 0.517. The molecule has 2 bridgehead atoms. The molecule has 0 aromatic rings. The summed E-state index contributed by atoms with van der Waals surface area (Å²) in [5, 5.41) is 0.562. The first-order valence-corrected chi connectivity index (χ1v) is 8.01. The molecule has 3 aliphatic heterocycles. The van der Waals surface area contributed by atoms with E-state index in [1.54, 1.807) is 8.61 Å². The van der Waals surface area contributed by atoms with E-state index in [0.717, 1.165) is 44.6 Å². The van der Waals surface area contributed by atoms with Crippen molar-refractivity contribution in [3.63, 3.8) is 0 Å². The van der Waals surface area contributed by atoms with E-state index in [0.29, 0.717) is 5.25 Å². The fraction of sp³-hybridized carbons (Fsp3) is 1.00. The fourth-order valence-corrected chi connectivity index (χ4v) is 6.26. The van der Waals surface area contributed by atoms with Gasteiger partial charge < -0.3 is 0 Å². The number of hydrogen-bond acceptors (Lipinski definition) is 3. The Labute approximate surface area is 95.2 Å². The molecule has 3 heterocycles. The van der Waals surface area contributed by atoms with Gasteiger partial charge in [-0.05, 0) is 19.3 Å². The Morgan fingerprint density at radius 3 is 2.47 bits per heavy atom. The largest absolute Gasteiger partial charge is 0.282 e. The van der Waals surface area contributed by atoms with Crippen molar-refractivity contribution in [1.29, 1.82) is 0 Å². The summed E-state index contributed by atoms with van der Waals surface area (Å²) in [7, 11) is -3.12. The molecule has 0 spiro atoms. The number of hydrogen-bond donors (Lipinski definition) is 0. The van der Waals surface area contributed by atoms with Gasteiger partial charge in [-0.2, -0.15) is 28.8 Å². The highest BCUT2D eigenvalue weighted by Crippen LogP contribution is 2.39. The third-order valence-electron chi connectivity index (χ3n) is 3.54. The van der Waals surface area contributed by atoms with Gasteiger partial charge >= 0.3 is 0 Å². The second-order valence-corrected chi connectivity index (χ2v) is 7.74. The van der Waals surface area contributed by atoms with E-state index in [4.69, 9.17) is 0 Å². The summed E-state index contributed by atoms with van der Waals surface area (Å²) in [6.45, 7) is 2.20. The van der Waals surface area contributed by atoms with Crippen LogP contribution in [0.4, 0.5) is 0 Å². The Hall–Kier alpha value is 0.220. The van der Waals surface area contributed by atoms with E-state index in [1.165, 1.54) is 0 Å². The predicted molar refractivity (Wildman–Crippen MR) is 61.1 cm³/mol. The molecular weight excluding hydrogens is 232 g/mol. The molecule has 3 aliphatic rings. The molecule has 0 aromatic heterocycles. The molecule has 3 fully saturated rings. The number of fused-ring (bicyclic) bond motifs is 2. The van der Waals surface area contributed by atoms with E-state index in [2.05, 4.69) is 0 Å². The van der Waals surface area contributed by atoms with Gasteiger partial charge in [-0.3, -0.25) is 0 Å². The van der Waals surface area contributed by atoms with Crippen LogP contribution in [-0.2, 0) is 10.2 Å². The second-order valence-electron chi connectivity index (χ2n) is 4.53. The minimum atomic E-state index is -3.12. The van der Waals surface area contributed by atoms with Gasteiger partial charge in [-0.25, -0.2) is 0 Å². The van der Waals surface area contributed by atoms with Gasteiger partial charge in [0.1, 0.15) is 0 Å². The van der Waals surface area contributed by atoms with Crippen LogP contribution >= 0.6 is 11.8 Å². The summed E-state index contributed by atoms with van der Waals surface area (Å²) in [6.07, 6.45) is 3.11. The molecular formula is C9H16N2O2S2. The van der Waals surface area contributed by atoms with Crippen LogP contribution in [0.15, 0.2) is 0 Å². The monoisotopic (exact) mass is 248 g/mol. The van der Waals surface area contributed by atoms with E-state index < -0.39 is 10.2 Å². The number of rotatable bonds is 2. The van der Waals surface area contributed by atoms with Crippen molar-refractivity contribution < 1.29 is 8.42 Å². The molecule has 0 saturated carbocycles. The Kier molecular flexibility index (Phi) is 2.50. The van der Waals surface area contributed by atoms with E-state index in [1.807, 2.05) is 11.8 Å². The summed E-state index contributed by atoms with van der Waals surface area (Å²) in [5.74, 6) is 0.998. The molecule has 15 heavy (non-hydrogen) atoms. The Balaban J connectivity index is 1.81. The van der Waals surface area contributed by atoms with Crippen molar-refractivity contribution in [1.82, 2.24) is 8.61 Å². The maximum atomic E-state index is 12.3. The first-order chi connectivity index (χ1) is 7.18. The minimum absolute atomic E-state index is 0.283. The Morgan fingerprint density at radius 1 is 1.20 bits per heavy atom. The Morgan fingerprint density at radius 2 is 1.93 bits per heavy atom. The van der Waals surface area contributed by atoms with E-state index in [-0.39, 0.29) is 6.04 Å². The molecule has 0 aromatic carbocycles. The van der Waals surface area contributed by atoms with Crippen LogP contribution in [0.25, 0.3) is 0 Å². The number of nitrogens with zero attached hydrogens (tertiary/aromatic N) is 2. The summed E-state index contributed by atoms with van der Waals surface area (Å²) >= 11 is 1.93. The first-order valence-electron chi connectivity index (χ1n) is 5.56. The highest BCUT2D eigenvalue weighted by molar-refractivity contribution is 8.00. The van der Waals surface area contributed by atoms with Gasteiger partial charge in [0.15, 0.2) is 0 Å². The zero-order valence-electron chi connectivity index (χ0n) is 8.63. The maximum Gasteiger partial charge on any atom is 0.282 e. The van der Waals surface area contributed by atoms with Gasteiger partial charge in [0.25, 0.3) is 10.2 Å². The normalized spacial score (nSPS) is 37.9. The van der Waals surface area contributed by atoms with Crippen molar-refractivity contribution in [3.05, 3.63) is 0 Å². The molecule has 6 heteroatoms. The maximum absolute atomic E-state index is 12.3. The average molecular weight is 248 g/mol. The van der Waals surface area contributed by atoms with Crippen LogP contribution in [0, 0.1) is 0 Å². The van der Waals surface area contributed by atoms with Gasteiger partial charge in [0, 0.05) is 36.7 Å². The molecule has 0 N–H and O–H groups in total. The van der Waals surface area contributed by atoms with E-state index in [9.17, 15) is 8.42 Å². The van der Waals surface area contributed by atoms with Crippen LogP contribution in [0.2, 0.25) is 0 Å². The topological polar surface area (TPSA) is 40.6 Å². The smallest absolute Gasteiger partial charge is 0.195 e. The standard InChI is InChI=1S/C9H16N2O2S2/c12-15(13,10-3-1-2-4-10)11-6-9-5-8(11)7-14-9/h8-9H,1-7H2/t8-,9+/m0/s1. The van der Waals surface area contributed by atoms with Gasteiger partial charge in [-0.1, -0.05) is 0 Å². The summed E-state index contributed by atoms with van der Waals surface area (Å²) in [6, 6.07) is 0.283. The first kappa shape index (κ1) is 10.4. The third kappa shape index (κ3) is 1.62. The molecule has 86 valence electrons. The lowest BCUT2D eigenvalue weighted by atomic mass is 10.3. The number of thioether (sulfide) groups is 1. The van der Waals surface area contributed by atoms with Crippen molar-refractivity contribution in [2.45, 2.75) is 30.6 Å². The lowest BCUT2D eigenvalue weighted by Gasteiger charge is -2.29. The highest BCUT2D eigenvalue weighted by atomic mass is 32.2. The highest BCUT2D eigenvalue weighted by Gasteiger charge is 2.46. The van der Waals surface area contributed by atoms with Crippen molar-refractivity contribution in [2.75, 3.05) is 25.4 Å². The lowest BCUT2D eigenvalue weighted by molar-refractivity contribution is 0.357. The van der Waals surface area contributed by atoms with E-state index >= 15 is 0 Å². The van der Waals surface area contributed by atoms with Crippen molar-refractivity contribution >= 4 is 22.0 Å². The molecule has 0 aliphatic carbocycles.